The molecular weight excluding hydrogens is 236 g/mol. The van der Waals surface area contributed by atoms with E-state index < -0.39 is 0 Å². The molecule has 0 aliphatic carbocycles. The van der Waals surface area contributed by atoms with Crippen LogP contribution in [-0.4, -0.2) is 27.5 Å². The van der Waals surface area contributed by atoms with Gasteiger partial charge in [0.25, 0.3) is 0 Å². The molecule has 0 saturated carbocycles. The van der Waals surface area contributed by atoms with Crippen LogP contribution in [0.5, 0.6) is 0 Å². The maximum Gasteiger partial charge on any atom is 0.321 e. The molecule has 1 heterocycles. The molecule has 0 aliphatic heterocycles. The van der Waals surface area contributed by atoms with Gasteiger partial charge in [0.1, 0.15) is 10.7 Å². The van der Waals surface area contributed by atoms with E-state index in [-0.39, 0.29) is 10.8 Å². The van der Waals surface area contributed by atoms with Gasteiger partial charge in [0, 0.05) is 18.9 Å². The molecule has 0 bridgehead atoms. The molecule has 13 heavy (non-hydrogen) atoms. The molecule has 0 aliphatic rings. The Kier molecular flexibility index (Phi) is 3.48. The average Bonchev–Trinajstić information content (AvgIpc) is 2.50. The van der Waals surface area contributed by atoms with Crippen LogP contribution < -0.4 is 0 Å². The van der Waals surface area contributed by atoms with Crippen molar-refractivity contribution in [3.63, 3.8) is 0 Å². The number of rotatable bonds is 3. The lowest BCUT2D eigenvalue weighted by Crippen LogP contribution is -2.21. The number of aromatic nitrogens is 2. The Morgan fingerprint density at radius 2 is 2.54 bits per heavy atom. The van der Waals surface area contributed by atoms with Crippen molar-refractivity contribution >= 4 is 21.9 Å². The van der Waals surface area contributed by atoms with Gasteiger partial charge < -0.3 is 9.30 Å². The van der Waals surface area contributed by atoms with E-state index in [1.807, 2.05) is 17.7 Å². The first kappa shape index (κ1) is 10.2. The minimum atomic E-state index is -0.314. The number of imidazole rings is 1. The highest BCUT2D eigenvalue weighted by Gasteiger charge is 2.15. The molecule has 1 aromatic heterocycles. The Bertz CT molecular complexity index is 298. The predicted molar refractivity (Wildman–Crippen MR) is 51.7 cm³/mol. The van der Waals surface area contributed by atoms with Crippen LogP contribution in [0.2, 0.25) is 0 Å². The lowest BCUT2D eigenvalue weighted by atomic mass is 10.4. The molecule has 0 spiro atoms. The molecule has 0 saturated heterocycles. The number of methoxy groups -OCH3 is 1. The minimum Gasteiger partial charge on any atom is -0.468 e. The van der Waals surface area contributed by atoms with Gasteiger partial charge in [0.05, 0.1) is 7.11 Å². The number of aryl methyl sites for hydroxylation is 1. The topological polar surface area (TPSA) is 44.1 Å². The number of esters is 1. The third-order valence-electron chi connectivity index (χ3n) is 1.74. The van der Waals surface area contributed by atoms with E-state index >= 15 is 0 Å². The van der Waals surface area contributed by atoms with Gasteiger partial charge in [-0.3, -0.25) is 4.79 Å². The third kappa shape index (κ3) is 2.55. The largest absolute Gasteiger partial charge is 0.468 e. The quantitative estimate of drug-likeness (QED) is 0.594. The highest BCUT2D eigenvalue weighted by atomic mass is 79.9. The molecule has 0 aromatic carbocycles. The van der Waals surface area contributed by atoms with Crippen LogP contribution in [0.1, 0.15) is 5.82 Å². The number of alkyl halides is 1. The molecule has 0 N–H and O–H groups in total. The van der Waals surface area contributed by atoms with E-state index in [2.05, 4.69) is 25.7 Å². The summed E-state index contributed by atoms with van der Waals surface area (Å²) in [4.78, 5) is 14.8. The minimum absolute atomic E-state index is 0.270. The molecule has 0 radical (unpaired) electrons. The molecule has 4 nitrogen and oxygen atoms in total. The number of nitrogens with zero attached hydrogens (tertiary/aromatic N) is 2. The molecule has 1 unspecified atom stereocenters. The lowest BCUT2D eigenvalue weighted by molar-refractivity contribution is -0.140. The van der Waals surface area contributed by atoms with Crippen LogP contribution in [-0.2, 0) is 16.1 Å². The highest BCUT2D eigenvalue weighted by Crippen LogP contribution is 2.07. The number of carbonyl (C=O) groups is 1. The van der Waals surface area contributed by atoms with Gasteiger partial charge in [0.2, 0.25) is 0 Å². The van der Waals surface area contributed by atoms with Crippen molar-refractivity contribution in [2.45, 2.75) is 18.3 Å². The summed E-state index contributed by atoms with van der Waals surface area (Å²) in [7, 11) is 1.37. The molecule has 0 amide bonds. The molecular formula is C8H11BrN2O2. The van der Waals surface area contributed by atoms with E-state index in [1.54, 1.807) is 6.20 Å². The van der Waals surface area contributed by atoms with E-state index in [9.17, 15) is 4.79 Å². The van der Waals surface area contributed by atoms with Crippen molar-refractivity contribution < 1.29 is 9.53 Å². The number of hydrogen-bond donors (Lipinski definition) is 0. The summed E-state index contributed by atoms with van der Waals surface area (Å²) in [6, 6.07) is 0. The zero-order valence-corrected chi connectivity index (χ0v) is 9.11. The fourth-order valence-electron chi connectivity index (χ4n) is 0.972. The van der Waals surface area contributed by atoms with Gasteiger partial charge in [-0.2, -0.15) is 0 Å². The van der Waals surface area contributed by atoms with Crippen molar-refractivity contribution in [2.75, 3.05) is 7.11 Å². The van der Waals surface area contributed by atoms with Gasteiger partial charge in [0.15, 0.2) is 0 Å². The number of carbonyl (C=O) groups excluding carboxylic acids is 1. The Labute approximate surface area is 85.0 Å². The maximum absolute atomic E-state index is 11.0. The Balaban J connectivity index is 2.59. The van der Waals surface area contributed by atoms with Crippen LogP contribution in [0, 0.1) is 6.92 Å². The maximum atomic E-state index is 11.0. The van der Waals surface area contributed by atoms with Crippen LogP contribution in [0.4, 0.5) is 0 Å². The van der Waals surface area contributed by atoms with Crippen LogP contribution >= 0.6 is 15.9 Å². The van der Waals surface area contributed by atoms with E-state index in [4.69, 9.17) is 0 Å². The van der Waals surface area contributed by atoms with Gasteiger partial charge in [-0.15, -0.1) is 0 Å². The first-order valence-corrected chi connectivity index (χ1v) is 4.76. The second kappa shape index (κ2) is 4.41. The van der Waals surface area contributed by atoms with Crippen molar-refractivity contribution in [2.24, 2.45) is 0 Å². The zero-order chi connectivity index (χ0) is 9.84. The van der Waals surface area contributed by atoms with Gasteiger partial charge >= 0.3 is 5.97 Å². The van der Waals surface area contributed by atoms with Crippen molar-refractivity contribution in [3.05, 3.63) is 18.2 Å². The van der Waals surface area contributed by atoms with Crippen molar-refractivity contribution in [1.82, 2.24) is 9.55 Å². The summed E-state index contributed by atoms with van der Waals surface area (Å²) in [5.41, 5.74) is 0. The lowest BCUT2D eigenvalue weighted by Gasteiger charge is -2.09. The summed E-state index contributed by atoms with van der Waals surface area (Å²) in [5.74, 6) is 0.612. The molecule has 0 fully saturated rings. The fraction of sp³-hybridized carbons (Fsp3) is 0.500. The normalized spacial score (nSPS) is 12.5. The van der Waals surface area contributed by atoms with E-state index in [0.29, 0.717) is 6.54 Å². The Morgan fingerprint density at radius 1 is 1.85 bits per heavy atom. The molecule has 72 valence electrons. The monoisotopic (exact) mass is 246 g/mol. The summed E-state index contributed by atoms with van der Waals surface area (Å²) in [5, 5.41) is 0. The smallest absolute Gasteiger partial charge is 0.321 e. The Morgan fingerprint density at radius 3 is 3.00 bits per heavy atom. The standard InChI is InChI=1S/C8H11BrN2O2/c1-6-10-3-4-11(6)5-7(9)8(12)13-2/h3-4,7H,5H2,1-2H3. The second-order valence-electron chi connectivity index (χ2n) is 2.62. The summed E-state index contributed by atoms with van der Waals surface area (Å²) < 4.78 is 6.47. The van der Waals surface area contributed by atoms with Crippen LogP contribution in [0.25, 0.3) is 0 Å². The number of halogens is 1. The SMILES string of the molecule is COC(=O)C(Br)Cn1ccnc1C. The van der Waals surface area contributed by atoms with Crippen LogP contribution in [0.3, 0.4) is 0 Å². The van der Waals surface area contributed by atoms with Crippen LogP contribution in [0.15, 0.2) is 12.4 Å². The molecule has 1 rings (SSSR count). The van der Waals surface area contributed by atoms with E-state index in [1.165, 1.54) is 7.11 Å². The fourth-order valence-corrected chi connectivity index (χ4v) is 1.47. The van der Waals surface area contributed by atoms with Gasteiger partial charge in [-0.1, -0.05) is 15.9 Å². The third-order valence-corrected chi connectivity index (χ3v) is 2.40. The predicted octanol–water partition coefficient (Wildman–Crippen LogP) is 1.13. The van der Waals surface area contributed by atoms with Gasteiger partial charge in [-0.25, -0.2) is 4.98 Å². The number of ether oxygens (including phenoxy) is 1. The van der Waals surface area contributed by atoms with Crippen molar-refractivity contribution in [3.8, 4) is 0 Å². The van der Waals surface area contributed by atoms with E-state index in [0.717, 1.165) is 5.82 Å². The summed E-state index contributed by atoms with van der Waals surface area (Å²) in [6.45, 7) is 2.43. The highest BCUT2D eigenvalue weighted by molar-refractivity contribution is 9.10. The van der Waals surface area contributed by atoms with Crippen molar-refractivity contribution in [1.29, 1.82) is 0 Å². The molecule has 5 heteroatoms. The second-order valence-corrected chi connectivity index (χ2v) is 3.72. The first-order valence-electron chi connectivity index (χ1n) is 3.84. The zero-order valence-electron chi connectivity index (χ0n) is 7.53. The molecule has 1 atom stereocenters. The Hall–Kier alpha value is -0.840. The number of hydrogen-bond acceptors (Lipinski definition) is 3. The van der Waals surface area contributed by atoms with Gasteiger partial charge in [-0.05, 0) is 6.92 Å². The summed E-state index contributed by atoms with van der Waals surface area (Å²) in [6.07, 6.45) is 3.53. The average molecular weight is 247 g/mol. The summed E-state index contributed by atoms with van der Waals surface area (Å²) >= 11 is 3.24. The first-order chi connectivity index (χ1) is 6.15. The molecule has 1 aromatic rings.